The molecule has 0 fully saturated rings. The van der Waals surface area contributed by atoms with E-state index in [0.717, 1.165) is 32.3 Å². The summed E-state index contributed by atoms with van der Waals surface area (Å²) in [5.74, 6) is 0. The van der Waals surface area contributed by atoms with E-state index in [1.165, 1.54) is 32.7 Å². The predicted molar refractivity (Wildman–Crippen MR) is 187 cm³/mol. The molecule has 0 saturated carbocycles. The SMILES string of the molecule is C[Si](OCCCCCCC(O[Si](C)(c1ccccc1)c1ccccc1)c1ccccc1)(c1ccccc1)c1ccccc1. The molecule has 0 spiro atoms. The summed E-state index contributed by atoms with van der Waals surface area (Å²) in [6.07, 6.45) is 5.58. The van der Waals surface area contributed by atoms with E-state index >= 15 is 0 Å². The summed E-state index contributed by atoms with van der Waals surface area (Å²) in [7, 11) is -4.67. The van der Waals surface area contributed by atoms with Crippen molar-refractivity contribution in [2.75, 3.05) is 6.61 Å². The van der Waals surface area contributed by atoms with Gasteiger partial charge in [0.1, 0.15) is 0 Å². The van der Waals surface area contributed by atoms with E-state index in [4.69, 9.17) is 8.85 Å². The van der Waals surface area contributed by atoms with Crippen molar-refractivity contribution >= 4 is 37.4 Å². The van der Waals surface area contributed by atoms with E-state index < -0.39 is 16.6 Å². The van der Waals surface area contributed by atoms with Crippen LogP contribution in [0, 0.1) is 0 Å². The van der Waals surface area contributed by atoms with Crippen molar-refractivity contribution in [2.24, 2.45) is 0 Å². The first kappa shape index (κ1) is 30.9. The molecule has 1 atom stereocenters. The highest BCUT2D eigenvalue weighted by Gasteiger charge is 2.37. The Kier molecular flexibility index (Phi) is 11.0. The molecule has 0 saturated heterocycles. The van der Waals surface area contributed by atoms with Gasteiger partial charge in [0.15, 0.2) is 0 Å². The van der Waals surface area contributed by atoms with E-state index in [1.54, 1.807) is 0 Å². The molecule has 0 heterocycles. The highest BCUT2D eigenvalue weighted by atomic mass is 28.4. The zero-order chi connectivity index (χ0) is 29.8. The van der Waals surface area contributed by atoms with Gasteiger partial charge in [0.05, 0.1) is 6.10 Å². The summed E-state index contributed by atoms with van der Waals surface area (Å²) in [5, 5.41) is 5.27. The van der Waals surface area contributed by atoms with Crippen LogP contribution in [0.1, 0.15) is 43.8 Å². The zero-order valence-corrected chi connectivity index (χ0v) is 27.6. The van der Waals surface area contributed by atoms with E-state index in [-0.39, 0.29) is 6.10 Å². The van der Waals surface area contributed by atoms with Crippen molar-refractivity contribution < 1.29 is 8.85 Å². The van der Waals surface area contributed by atoms with Crippen LogP contribution in [0.25, 0.3) is 0 Å². The third-order valence-electron chi connectivity index (χ3n) is 8.60. The van der Waals surface area contributed by atoms with Crippen molar-refractivity contribution in [1.82, 2.24) is 0 Å². The molecule has 0 aliphatic heterocycles. The topological polar surface area (TPSA) is 18.5 Å². The van der Waals surface area contributed by atoms with E-state index in [9.17, 15) is 0 Å². The van der Waals surface area contributed by atoms with E-state index in [2.05, 4.69) is 165 Å². The minimum atomic E-state index is -2.43. The Balaban J connectivity index is 1.21. The van der Waals surface area contributed by atoms with Crippen LogP contribution in [0.5, 0.6) is 0 Å². The van der Waals surface area contributed by atoms with Crippen molar-refractivity contribution in [3.05, 3.63) is 157 Å². The summed E-state index contributed by atoms with van der Waals surface area (Å²) in [4.78, 5) is 0. The van der Waals surface area contributed by atoms with Gasteiger partial charge >= 0.3 is 0 Å². The van der Waals surface area contributed by atoms with Crippen molar-refractivity contribution in [3.63, 3.8) is 0 Å². The molecule has 43 heavy (non-hydrogen) atoms. The van der Waals surface area contributed by atoms with Crippen LogP contribution in [0.15, 0.2) is 152 Å². The van der Waals surface area contributed by atoms with Gasteiger partial charge in [-0.3, -0.25) is 0 Å². The fourth-order valence-corrected chi connectivity index (χ4v) is 11.9. The lowest BCUT2D eigenvalue weighted by molar-refractivity contribution is 0.188. The maximum absolute atomic E-state index is 7.29. The van der Waals surface area contributed by atoms with Crippen molar-refractivity contribution in [1.29, 1.82) is 0 Å². The molecule has 220 valence electrons. The number of hydrogen-bond donors (Lipinski definition) is 0. The molecule has 0 N–H and O–H groups in total. The quantitative estimate of drug-likeness (QED) is 0.0916. The fourth-order valence-electron chi connectivity index (χ4n) is 5.97. The third-order valence-corrected chi connectivity index (χ3v) is 15.9. The van der Waals surface area contributed by atoms with Crippen LogP contribution in [-0.4, -0.2) is 23.2 Å². The molecular weight excluding hydrogens is 557 g/mol. The van der Waals surface area contributed by atoms with Gasteiger partial charge in [0.2, 0.25) is 0 Å². The van der Waals surface area contributed by atoms with Gasteiger partial charge in [-0.15, -0.1) is 0 Å². The second-order valence-corrected chi connectivity index (χ2v) is 18.6. The van der Waals surface area contributed by atoms with Crippen molar-refractivity contribution in [3.8, 4) is 0 Å². The minimum absolute atomic E-state index is 0.0568. The number of benzene rings is 5. The lowest BCUT2D eigenvalue weighted by Crippen LogP contribution is -2.58. The molecule has 0 aliphatic rings. The molecule has 0 bridgehead atoms. The van der Waals surface area contributed by atoms with Crippen LogP contribution >= 0.6 is 0 Å². The van der Waals surface area contributed by atoms with Crippen LogP contribution in [-0.2, 0) is 8.85 Å². The van der Waals surface area contributed by atoms with Crippen molar-refractivity contribution in [2.45, 2.75) is 51.3 Å². The molecule has 5 aromatic carbocycles. The molecule has 0 aliphatic carbocycles. The maximum Gasteiger partial charge on any atom is 0.253 e. The highest BCUT2D eigenvalue weighted by molar-refractivity contribution is 6.97. The smallest absolute Gasteiger partial charge is 0.253 e. The summed E-state index contributed by atoms with van der Waals surface area (Å²) < 4.78 is 14.1. The van der Waals surface area contributed by atoms with E-state index in [0.29, 0.717) is 0 Å². The molecule has 4 heteroatoms. The molecular formula is C39H44O2Si2. The average molecular weight is 601 g/mol. The van der Waals surface area contributed by atoms with Crippen LogP contribution in [0.3, 0.4) is 0 Å². The fraction of sp³-hybridized carbons (Fsp3) is 0.231. The highest BCUT2D eigenvalue weighted by Crippen LogP contribution is 2.28. The minimum Gasteiger partial charge on any atom is -0.408 e. The van der Waals surface area contributed by atoms with Crippen LogP contribution in [0.2, 0.25) is 13.1 Å². The van der Waals surface area contributed by atoms with Gasteiger partial charge in [-0.2, -0.15) is 0 Å². The number of unbranched alkanes of at least 4 members (excludes halogenated alkanes) is 3. The second kappa shape index (κ2) is 15.3. The molecule has 5 rings (SSSR count). The van der Waals surface area contributed by atoms with Crippen LogP contribution < -0.4 is 20.7 Å². The summed E-state index contributed by atoms with van der Waals surface area (Å²) in [6.45, 7) is 5.48. The Bertz CT molecular complexity index is 1400. The molecule has 1 unspecified atom stereocenters. The molecule has 0 radical (unpaired) electrons. The standard InChI is InChI=1S/C39H44O2Si2/c1-42(35-24-12-6-13-25-35,36-26-14-7-15-27-36)40-33-21-4-3-20-32-39(34-22-10-5-11-23-34)41-43(2,37-28-16-8-17-29-37)38-30-18-9-19-31-38/h5-19,22-31,39H,3-4,20-21,32-33H2,1-2H3. The monoisotopic (exact) mass is 600 g/mol. The summed E-state index contributed by atoms with van der Waals surface area (Å²) >= 11 is 0. The Labute approximate surface area is 260 Å². The first-order chi connectivity index (χ1) is 21.1. The lowest BCUT2D eigenvalue weighted by atomic mass is 10.0. The van der Waals surface area contributed by atoms with E-state index in [1.807, 2.05) is 0 Å². The van der Waals surface area contributed by atoms with Gasteiger partial charge in [-0.05, 0) is 52.2 Å². The van der Waals surface area contributed by atoms with Gasteiger partial charge in [-0.25, -0.2) is 0 Å². The lowest BCUT2D eigenvalue weighted by Gasteiger charge is -2.34. The first-order valence-corrected chi connectivity index (χ1v) is 20.5. The van der Waals surface area contributed by atoms with Crippen LogP contribution in [0.4, 0.5) is 0 Å². The number of hydrogen-bond acceptors (Lipinski definition) is 2. The van der Waals surface area contributed by atoms with Gasteiger partial charge in [0.25, 0.3) is 16.6 Å². The molecule has 2 nitrogen and oxygen atoms in total. The first-order valence-electron chi connectivity index (χ1n) is 15.7. The summed E-state index contributed by atoms with van der Waals surface area (Å²) in [6, 6.07) is 54.1. The Morgan fingerprint density at radius 1 is 0.442 bits per heavy atom. The Morgan fingerprint density at radius 3 is 1.26 bits per heavy atom. The van der Waals surface area contributed by atoms with Gasteiger partial charge in [-0.1, -0.05) is 171 Å². The molecule has 0 aromatic heterocycles. The molecule has 0 amide bonds. The zero-order valence-electron chi connectivity index (χ0n) is 25.6. The average Bonchev–Trinajstić information content (AvgIpc) is 3.09. The third kappa shape index (κ3) is 7.89. The second-order valence-electron chi connectivity index (χ2n) is 11.6. The molecule has 5 aromatic rings. The Hall–Kier alpha value is -3.55. The maximum atomic E-state index is 7.29. The van der Waals surface area contributed by atoms with Gasteiger partial charge < -0.3 is 8.85 Å². The number of rotatable bonds is 15. The normalized spacial score (nSPS) is 12.6. The summed E-state index contributed by atoms with van der Waals surface area (Å²) in [5.41, 5.74) is 1.27. The van der Waals surface area contributed by atoms with Gasteiger partial charge in [0, 0.05) is 6.61 Å². The predicted octanol–water partition coefficient (Wildman–Crippen LogP) is 7.49. The Morgan fingerprint density at radius 2 is 0.814 bits per heavy atom. The largest absolute Gasteiger partial charge is 0.408 e.